The summed E-state index contributed by atoms with van der Waals surface area (Å²) in [6.45, 7) is -0.230. The third kappa shape index (κ3) is 7.87. The van der Waals surface area contributed by atoms with Crippen molar-refractivity contribution in [1.82, 2.24) is 10.2 Å². The molecule has 0 saturated heterocycles. The molecule has 0 aliphatic heterocycles. The van der Waals surface area contributed by atoms with Gasteiger partial charge in [-0.15, -0.1) is 0 Å². The number of carboxylic acid groups (broad SMARTS) is 1. The number of hydrogen-bond acceptors (Lipinski definition) is 5. The minimum absolute atomic E-state index is 0.383. The van der Waals surface area contributed by atoms with Gasteiger partial charge in [0.05, 0.1) is 12.0 Å². The molecular formula is C10H18N4O6. The number of nitrogens with zero attached hydrogens (tertiary/aromatic N) is 1. The van der Waals surface area contributed by atoms with Gasteiger partial charge in [-0.2, -0.15) is 0 Å². The average molecular weight is 290 g/mol. The molecule has 0 aromatic carbocycles. The lowest BCUT2D eigenvalue weighted by Crippen LogP contribution is -2.51. The lowest BCUT2D eigenvalue weighted by atomic mass is 10.0. The summed E-state index contributed by atoms with van der Waals surface area (Å²) in [6, 6.07) is -0.867. The molecule has 0 bridgehead atoms. The Morgan fingerprint density at radius 3 is 1.95 bits per heavy atom. The van der Waals surface area contributed by atoms with E-state index >= 15 is 0 Å². The first-order valence-corrected chi connectivity index (χ1v) is 5.57. The number of amides is 4. The fourth-order valence-corrected chi connectivity index (χ4v) is 1.34. The molecule has 114 valence electrons. The molecule has 0 spiro atoms. The Bertz CT molecular complexity index is 393. The fourth-order valence-electron chi connectivity index (χ4n) is 1.34. The van der Waals surface area contributed by atoms with Crippen LogP contribution < -0.4 is 16.8 Å². The van der Waals surface area contributed by atoms with Crippen molar-refractivity contribution in [2.75, 3.05) is 19.6 Å². The second-order valence-electron chi connectivity index (χ2n) is 4.51. The maximum absolute atomic E-state index is 11.7. The quantitative estimate of drug-likeness (QED) is 0.322. The molecule has 10 heteroatoms. The molecule has 4 amide bonds. The molecule has 0 rings (SSSR count). The number of carboxylic acids is 1. The summed E-state index contributed by atoms with van der Waals surface area (Å²) in [6.07, 6.45) is -0.584. The summed E-state index contributed by atoms with van der Waals surface area (Å²) in [4.78, 5) is 44.4. The molecule has 20 heavy (non-hydrogen) atoms. The van der Waals surface area contributed by atoms with Gasteiger partial charge in [-0.25, -0.2) is 4.79 Å². The number of hydrogen-bond donors (Lipinski definition) is 5. The highest BCUT2D eigenvalue weighted by Crippen LogP contribution is 2.07. The maximum Gasteiger partial charge on any atom is 0.318 e. The van der Waals surface area contributed by atoms with E-state index in [2.05, 4.69) is 5.32 Å². The third-order valence-corrected chi connectivity index (χ3v) is 2.13. The van der Waals surface area contributed by atoms with Crippen molar-refractivity contribution in [2.24, 2.45) is 11.5 Å². The van der Waals surface area contributed by atoms with Gasteiger partial charge in [0.2, 0.25) is 11.8 Å². The summed E-state index contributed by atoms with van der Waals surface area (Å²) < 4.78 is 0. The van der Waals surface area contributed by atoms with E-state index in [1.54, 1.807) is 0 Å². The van der Waals surface area contributed by atoms with Gasteiger partial charge in [-0.3, -0.25) is 14.4 Å². The minimum atomic E-state index is -1.67. The van der Waals surface area contributed by atoms with Crippen LogP contribution in [0.1, 0.15) is 13.3 Å². The molecule has 0 aromatic heterocycles. The van der Waals surface area contributed by atoms with E-state index in [9.17, 15) is 24.3 Å². The van der Waals surface area contributed by atoms with E-state index in [-0.39, 0.29) is 6.54 Å². The first-order valence-electron chi connectivity index (χ1n) is 5.57. The van der Waals surface area contributed by atoms with Crippen LogP contribution in [0.3, 0.4) is 0 Å². The van der Waals surface area contributed by atoms with Crippen molar-refractivity contribution in [1.29, 1.82) is 0 Å². The van der Waals surface area contributed by atoms with Gasteiger partial charge in [0.15, 0.2) is 0 Å². The van der Waals surface area contributed by atoms with Crippen LogP contribution >= 0.6 is 0 Å². The summed E-state index contributed by atoms with van der Waals surface area (Å²) >= 11 is 0. The average Bonchev–Trinajstić information content (AvgIpc) is 2.22. The molecule has 10 nitrogen and oxygen atoms in total. The number of carbonyl (C=O) groups excluding carboxylic acids is 3. The van der Waals surface area contributed by atoms with Crippen molar-refractivity contribution < 1.29 is 29.4 Å². The minimum Gasteiger partial charge on any atom is -0.481 e. The van der Waals surface area contributed by atoms with Crippen molar-refractivity contribution in [2.45, 2.75) is 18.9 Å². The number of carbonyl (C=O) groups is 4. The molecule has 0 aliphatic rings. The molecule has 1 unspecified atom stereocenters. The second-order valence-corrected chi connectivity index (χ2v) is 4.51. The number of nitrogens with one attached hydrogen (secondary N) is 1. The Morgan fingerprint density at radius 2 is 1.60 bits per heavy atom. The van der Waals surface area contributed by atoms with Crippen LogP contribution in [0.25, 0.3) is 0 Å². The van der Waals surface area contributed by atoms with Gasteiger partial charge in [-0.05, 0) is 6.92 Å². The highest BCUT2D eigenvalue weighted by atomic mass is 16.4. The van der Waals surface area contributed by atoms with Crippen LogP contribution in [0.5, 0.6) is 0 Å². The largest absolute Gasteiger partial charge is 0.481 e. The Balaban J connectivity index is 4.56. The van der Waals surface area contributed by atoms with Crippen molar-refractivity contribution in [3.05, 3.63) is 0 Å². The second kappa shape index (κ2) is 7.28. The topological polar surface area (TPSA) is 176 Å². The summed E-state index contributed by atoms with van der Waals surface area (Å²) in [5.41, 5.74) is 8.16. The monoisotopic (exact) mass is 290 g/mol. The first kappa shape index (κ1) is 17.6. The number of urea groups is 1. The van der Waals surface area contributed by atoms with Crippen molar-refractivity contribution >= 4 is 23.8 Å². The van der Waals surface area contributed by atoms with Gasteiger partial charge in [0, 0.05) is 6.54 Å². The Hall–Kier alpha value is -2.36. The molecule has 0 radical (unpaired) electrons. The van der Waals surface area contributed by atoms with E-state index in [1.807, 2.05) is 0 Å². The molecule has 0 heterocycles. The molecule has 0 saturated carbocycles. The van der Waals surface area contributed by atoms with E-state index < -0.39 is 48.9 Å². The zero-order valence-corrected chi connectivity index (χ0v) is 11.0. The van der Waals surface area contributed by atoms with Gasteiger partial charge in [0.25, 0.3) is 0 Å². The number of primary amides is 2. The predicted molar refractivity (Wildman–Crippen MR) is 66.2 cm³/mol. The number of nitrogens with two attached hydrogens (primary N) is 2. The van der Waals surface area contributed by atoms with Crippen LogP contribution in [0.15, 0.2) is 0 Å². The first-order chi connectivity index (χ1) is 9.03. The van der Waals surface area contributed by atoms with Crippen LogP contribution in [0.4, 0.5) is 4.79 Å². The van der Waals surface area contributed by atoms with Crippen LogP contribution in [-0.2, 0) is 14.4 Å². The predicted octanol–water partition coefficient (Wildman–Crippen LogP) is -2.81. The standard InChI is InChI=1S/C10H18N4O6/c1-10(20,2-8(17)18)5-13-9(19)14(3-6(11)15)4-7(12)16/h20H,2-5H2,1H3,(H2,11,15)(H2,12,16)(H,13,19)(H,17,18). The summed E-state index contributed by atoms with van der Waals surface area (Å²) in [7, 11) is 0. The molecular weight excluding hydrogens is 272 g/mol. The Labute approximate surface area is 114 Å². The normalized spacial score (nSPS) is 13.1. The van der Waals surface area contributed by atoms with Gasteiger partial charge < -0.3 is 31.9 Å². The molecule has 0 fully saturated rings. The summed E-state index contributed by atoms with van der Waals surface area (Å²) in [5.74, 6) is -2.94. The number of aliphatic hydroxyl groups is 1. The lowest BCUT2D eigenvalue weighted by Gasteiger charge is -2.25. The smallest absolute Gasteiger partial charge is 0.318 e. The van der Waals surface area contributed by atoms with E-state index in [0.717, 1.165) is 4.90 Å². The molecule has 7 N–H and O–H groups in total. The molecule has 0 aromatic rings. The summed E-state index contributed by atoms with van der Waals surface area (Å²) in [5, 5.41) is 20.4. The van der Waals surface area contributed by atoms with Crippen LogP contribution in [-0.4, -0.2) is 64.2 Å². The lowest BCUT2D eigenvalue weighted by molar-refractivity contribution is -0.141. The van der Waals surface area contributed by atoms with Crippen LogP contribution in [0, 0.1) is 0 Å². The molecule has 0 aliphatic carbocycles. The zero-order chi connectivity index (χ0) is 15.9. The van der Waals surface area contributed by atoms with Crippen molar-refractivity contribution in [3.63, 3.8) is 0 Å². The van der Waals surface area contributed by atoms with E-state index in [4.69, 9.17) is 16.6 Å². The van der Waals surface area contributed by atoms with Gasteiger partial charge >= 0.3 is 12.0 Å². The SMILES string of the molecule is CC(O)(CNC(=O)N(CC(N)=O)CC(N)=O)CC(=O)O. The van der Waals surface area contributed by atoms with Crippen molar-refractivity contribution in [3.8, 4) is 0 Å². The van der Waals surface area contributed by atoms with Crippen LogP contribution in [0.2, 0.25) is 0 Å². The Kier molecular flexibility index (Phi) is 6.42. The number of aliphatic carboxylic acids is 1. The number of rotatable bonds is 8. The van der Waals surface area contributed by atoms with Gasteiger partial charge in [0.1, 0.15) is 13.1 Å². The maximum atomic E-state index is 11.7. The zero-order valence-electron chi connectivity index (χ0n) is 11.0. The Morgan fingerprint density at radius 1 is 1.15 bits per heavy atom. The highest BCUT2D eigenvalue weighted by molar-refractivity contribution is 5.87. The third-order valence-electron chi connectivity index (χ3n) is 2.13. The fraction of sp³-hybridized carbons (Fsp3) is 0.600. The van der Waals surface area contributed by atoms with E-state index in [1.165, 1.54) is 6.92 Å². The highest BCUT2D eigenvalue weighted by Gasteiger charge is 2.26. The van der Waals surface area contributed by atoms with E-state index in [0.29, 0.717) is 0 Å². The van der Waals surface area contributed by atoms with Gasteiger partial charge in [-0.1, -0.05) is 0 Å². The molecule has 1 atom stereocenters.